The van der Waals surface area contributed by atoms with Gasteiger partial charge in [-0.25, -0.2) is 0 Å². The van der Waals surface area contributed by atoms with Crippen LogP contribution in [0, 0.1) is 0 Å². The quantitative estimate of drug-likeness (QED) is 0.838. The molecule has 2 aromatic heterocycles. The Bertz CT molecular complexity index is 653. The van der Waals surface area contributed by atoms with Crippen molar-refractivity contribution >= 4 is 0 Å². The summed E-state index contributed by atoms with van der Waals surface area (Å²) in [6.45, 7) is 6.85. The Morgan fingerprint density at radius 3 is 2.26 bits per heavy atom. The summed E-state index contributed by atoms with van der Waals surface area (Å²) in [5, 5.41) is 12.5. The van der Waals surface area contributed by atoms with Crippen molar-refractivity contribution in [1.82, 2.24) is 25.2 Å². The number of likely N-dealkylation sites (tertiary alicyclic amines) is 1. The lowest BCUT2D eigenvalue weighted by molar-refractivity contribution is 0.171. The molecule has 7 nitrogen and oxygen atoms in total. The minimum absolute atomic E-state index is 0.302. The van der Waals surface area contributed by atoms with Gasteiger partial charge in [0.15, 0.2) is 5.82 Å². The summed E-state index contributed by atoms with van der Waals surface area (Å²) in [6.07, 6.45) is 4.47. The maximum absolute atomic E-state index is 5.85. The number of aromatic nitrogens is 4. The minimum Gasteiger partial charge on any atom is -0.425 e. The molecule has 0 N–H and O–H groups in total. The molecule has 1 aliphatic heterocycles. The van der Waals surface area contributed by atoms with Crippen LogP contribution in [0.4, 0.5) is 0 Å². The number of rotatable bonds is 5. The van der Waals surface area contributed by atoms with Gasteiger partial charge >= 0.3 is 0 Å². The first-order valence-electron chi connectivity index (χ1n) is 8.57. The fourth-order valence-electron chi connectivity index (χ4n) is 3.00. The standard InChI is InChI=1S/C16H23N5O2/c1-10(2)14-17-13(23-20-14)9-21-7-5-12(6-8-21)16-19-18-15(22-16)11-3-4-11/h10-12H,3-9H2,1-2H3. The molecule has 1 saturated heterocycles. The van der Waals surface area contributed by atoms with Crippen LogP contribution in [0.25, 0.3) is 0 Å². The smallest absolute Gasteiger partial charge is 0.240 e. The van der Waals surface area contributed by atoms with E-state index in [0.29, 0.717) is 23.6 Å². The molecular weight excluding hydrogens is 294 g/mol. The molecule has 124 valence electrons. The Hall–Kier alpha value is -1.76. The van der Waals surface area contributed by atoms with Gasteiger partial charge in [-0.05, 0) is 38.8 Å². The molecule has 0 aromatic carbocycles. The van der Waals surface area contributed by atoms with Crippen LogP contribution in [-0.4, -0.2) is 38.3 Å². The summed E-state index contributed by atoms with van der Waals surface area (Å²) in [4.78, 5) is 6.80. The van der Waals surface area contributed by atoms with Gasteiger partial charge in [0, 0.05) is 17.8 Å². The summed E-state index contributed by atoms with van der Waals surface area (Å²) in [7, 11) is 0. The highest BCUT2D eigenvalue weighted by molar-refractivity contribution is 5.03. The van der Waals surface area contributed by atoms with Crippen LogP contribution in [0.15, 0.2) is 8.94 Å². The van der Waals surface area contributed by atoms with Crippen LogP contribution in [0.3, 0.4) is 0 Å². The van der Waals surface area contributed by atoms with Gasteiger partial charge in [0.1, 0.15) is 0 Å². The molecule has 0 radical (unpaired) electrons. The maximum atomic E-state index is 5.85. The third-order valence-electron chi connectivity index (χ3n) is 4.68. The second kappa shape index (κ2) is 6.03. The molecule has 0 spiro atoms. The lowest BCUT2D eigenvalue weighted by atomic mass is 9.97. The van der Waals surface area contributed by atoms with Crippen molar-refractivity contribution in [2.45, 2.75) is 63.8 Å². The number of nitrogens with zero attached hydrogens (tertiary/aromatic N) is 5. The van der Waals surface area contributed by atoms with Gasteiger partial charge in [-0.15, -0.1) is 10.2 Å². The van der Waals surface area contributed by atoms with Crippen LogP contribution >= 0.6 is 0 Å². The monoisotopic (exact) mass is 317 g/mol. The van der Waals surface area contributed by atoms with E-state index >= 15 is 0 Å². The molecule has 0 atom stereocenters. The first-order chi connectivity index (χ1) is 11.2. The Morgan fingerprint density at radius 1 is 1.04 bits per heavy atom. The molecule has 0 amide bonds. The normalized spacial score (nSPS) is 20.5. The maximum Gasteiger partial charge on any atom is 0.240 e. The zero-order chi connectivity index (χ0) is 15.8. The lowest BCUT2D eigenvalue weighted by Gasteiger charge is -2.29. The van der Waals surface area contributed by atoms with Gasteiger partial charge in [0.05, 0.1) is 6.54 Å². The first kappa shape index (κ1) is 14.8. The molecular formula is C16H23N5O2. The molecule has 3 heterocycles. The molecule has 0 bridgehead atoms. The molecule has 2 aliphatic rings. The van der Waals surface area contributed by atoms with Gasteiger partial charge < -0.3 is 8.94 Å². The van der Waals surface area contributed by atoms with Crippen LogP contribution < -0.4 is 0 Å². The van der Waals surface area contributed by atoms with Crippen molar-refractivity contribution in [3.63, 3.8) is 0 Å². The van der Waals surface area contributed by atoms with E-state index in [1.807, 2.05) is 0 Å². The van der Waals surface area contributed by atoms with Gasteiger partial charge in [0.2, 0.25) is 17.7 Å². The Morgan fingerprint density at radius 2 is 1.70 bits per heavy atom. The molecule has 0 unspecified atom stereocenters. The van der Waals surface area contributed by atoms with E-state index in [1.54, 1.807) is 0 Å². The topological polar surface area (TPSA) is 81.1 Å². The van der Waals surface area contributed by atoms with Crippen molar-refractivity contribution in [2.75, 3.05) is 13.1 Å². The predicted octanol–water partition coefficient (Wildman–Crippen LogP) is 2.83. The SMILES string of the molecule is CC(C)c1noc(CN2CCC(c3nnc(C4CC4)o3)CC2)n1. The van der Waals surface area contributed by atoms with E-state index in [0.717, 1.165) is 50.1 Å². The largest absolute Gasteiger partial charge is 0.425 e. The zero-order valence-corrected chi connectivity index (χ0v) is 13.7. The highest BCUT2D eigenvalue weighted by Gasteiger charge is 2.32. The van der Waals surface area contributed by atoms with Gasteiger partial charge in [-0.3, -0.25) is 4.90 Å². The fourth-order valence-corrected chi connectivity index (χ4v) is 3.00. The third-order valence-corrected chi connectivity index (χ3v) is 4.68. The van der Waals surface area contributed by atoms with Gasteiger partial charge in [-0.2, -0.15) is 4.98 Å². The molecule has 4 rings (SSSR count). The van der Waals surface area contributed by atoms with Crippen LogP contribution in [0.2, 0.25) is 0 Å². The van der Waals surface area contributed by atoms with Crippen molar-refractivity contribution in [1.29, 1.82) is 0 Å². The fraction of sp³-hybridized carbons (Fsp3) is 0.750. The lowest BCUT2D eigenvalue weighted by Crippen LogP contribution is -2.32. The summed E-state index contributed by atoms with van der Waals surface area (Å²) in [5.41, 5.74) is 0. The van der Waals surface area contributed by atoms with Crippen molar-refractivity contribution in [3.8, 4) is 0 Å². The second-order valence-electron chi connectivity index (χ2n) is 7.00. The van der Waals surface area contributed by atoms with E-state index in [4.69, 9.17) is 8.94 Å². The zero-order valence-electron chi connectivity index (χ0n) is 13.7. The first-order valence-corrected chi connectivity index (χ1v) is 8.57. The molecule has 1 aliphatic carbocycles. The van der Waals surface area contributed by atoms with E-state index in [-0.39, 0.29) is 0 Å². The average molecular weight is 317 g/mol. The third kappa shape index (κ3) is 3.29. The predicted molar refractivity (Wildman–Crippen MR) is 81.9 cm³/mol. The van der Waals surface area contributed by atoms with E-state index < -0.39 is 0 Å². The van der Waals surface area contributed by atoms with Crippen LogP contribution in [0.5, 0.6) is 0 Å². The van der Waals surface area contributed by atoms with E-state index in [2.05, 4.69) is 39.1 Å². The van der Waals surface area contributed by atoms with E-state index in [1.165, 1.54) is 12.8 Å². The van der Waals surface area contributed by atoms with Crippen molar-refractivity contribution in [2.24, 2.45) is 0 Å². The van der Waals surface area contributed by atoms with Crippen LogP contribution in [-0.2, 0) is 6.54 Å². The summed E-state index contributed by atoms with van der Waals surface area (Å²) < 4.78 is 11.2. The Labute approximate surface area is 135 Å². The molecule has 7 heteroatoms. The molecule has 2 fully saturated rings. The van der Waals surface area contributed by atoms with Crippen molar-refractivity contribution < 1.29 is 8.94 Å². The van der Waals surface area contributed by atoms with Gasteiger partial charge in [-0.1, -0.05) is 19.0 Å². The van der Waals surface area contributed by atoms with Gasteiger partial charge in [0.25, 0.3) is 0 Å². The number of piperidine rings is 1. The molecule has 23 heavy (non-hydrogen) atoms. The Kier molecular flexibility index (Phi) is 3.88. The summed E-state index contributed by atoms with van der Waals surface area (Å²) in [5.74, 6) is 4.39. The van der Waals surface area contributed by atoms with Crippen molar-refractivity contribution in [3.05, 3.63) is 23.5 Å². The summed E-state index contributed by atoms with van der Waals surface area (Å²) >= 11 is 0. The number of hydrogen-bond donors (Lipinski definition) is 0. The highest BCUT2D eigenvalue weighted by Crippen LogP contribution is 2.40. The second-order valence-corrected chi connectivity index (χ2v) is 7.00. The Balaban J connectivity index is 1.31. The highest BCUT2D eigenvalue weighted by atomic mass is 16.5. The number of hydrogen-bond acceptors (Lipinski definition) is 7. The van der Waals surface area contributed by atoms with E-state index in [9.17, 15) is 0 Å². The average Bonchev–Trinajstić information content (AvgIpc) is 3.10. The molecule has 1 saturated carbocycles. The minimum atomic E-state index is 0.302. The molecule has 2 aromatic rings. The summed E-state index contributed by atoms with van der Waals surface area (Å²) in [6, 6.07) is 0. The van der Waals surface area contributed by atoms with Crippen LogP contribution in [0.1, 0.15) is 80.8 Å².